The average Bonchev–Trinajstić information content (AvgIpc) is 2.98. The van der Waals surface area contributed by atoms with Crippen molar-refractivity contribution < 1.29 is 9.47 Å². The Labute approximate surface area is 141 Å². The number of thiocarbonyl (C=S) groups is 1. The number of hydrogen-bond acceptors (Lipinski definition) is 4. The highest BCUT2D eigenvalue weighted by Crippen LogP contribution is 2.27. The Morgan fingerprint density at radius 2 is 1.96 bits per heavy atom. The van der Waals surface area contributed by atoms with E-state index in [1.807, 2.05) is 37.5 Å². The Balaban J connectivity index is 1.74. The van der Waals surface area contributed by atoms with Crippen molar-refractivity contribution in [2.75, 3.05) is 20.8 Å². The summed E-state index contributed by atoms with van der Waals surface area (Å²) in [7, 11) is 5.16. The lowest BCUT2D eigenvalue weighted by Gasteiger charge is -2.11. The zero-order chi connectivity index (χ0) is 16.7. The van der Waals surface area contributed by atoms with Gasteiger partial charge in [-0.2, -0.15) is 5.10 Å². The molecule has 2 rings (SSSR count). The number of rotatable bonds is 7. The van der Waals surface area contributed by atoms with E-state index in [0.717, 1.165) is 35.7 Å². The predicted octanol–water partition coefficient (Wildman–Crippen LogP) is 1.64. The molecule has 0 radical (unpaired) electrons. The Morgan fingerprint density at radius 3 is 2.61 bits per heavy atom. The lowest BCUT2D eigenvalue weighted by Crippen LogP contribution is -2.36. The molecule has 23 heavy (non-hydrogen) atoms. The number of methoxy groups -OCH3 is 2. The Morgan fingerprint density at radius 1 is 1.17 bits per heavy atom. The molecule has 0 aliphatic heterocycles. The highest BCUT2D eigenvalue weighted by molar-refractivity contribution is 7.80. The van der Waals surface area contributed by atoms with E-state index < -0.39 is 0 Å². The first-order valence-electron chi connectivity index (χ1n) is 7.33. The van der Waals surface area contributed by atoms with Crippen LogP contribution in [-0.4, -0.2) is 35.7 Å². The summed E-state index contributed by atoms with van der Waals surface area (Å²) in [5, 5.41) is 11.2. The summed E-state index contributed by atoms with van der Waals surface area (Å²) < 4.78 is 12.3. The summed E-state index contributed by atoms with van der Waals surface area (Å²) >= 11 is 5.26. The van der Waals surface area contributed by atoms with Gasteiger partial charge in [0, 0.05) is 19.8 Å². The van der Waals surface area contributed by atoms with Crippen molar-refractivity contribution in [1.82, 2.24) is 20.4 Å². The second-order valence-corrected chi connectivity index (χ2v) is 5.44. The lowest BCUT2D eigenvalue weighted by atomic mass is 10.1. The van der Waals surface area contributed by atoms with Gasteiger partial charge in [-0.3, -0.25) is 4.68 Å². The van der Waals surface area contributed by atoms with Gasteiger partial charge in [0.05, 0.1) is 26.5 Å². The standard InChI is InChI=1S/C16H22N4O2S/c1-20-9-7-13(19-20)11-18-16(23)17-8-6-12-4-5-14(21-2)15(10-12)22-3/h4-5,7,9-10H,6,8,11H2,1-3H3,(H2,17,18,23). The minimum Gasteiger partial charge on any atom is -0.493 e. The van der Waals surface area contributed by atoms with Crippen LogP contribution >= 0.6 is 12.2 Å². The predicted molar refractivity (Wildman–Crippen MR) is 93.9 cm³/mol. The first kappa shape index (κ1) is 17.1. The molecule has 124 valence electrons. The molecule has 0 saturated heterocycles. The quantitative estimate of drug-likeness (QED) is 0.751. The van der Waals surface area contributed by atoms with E-state index in [9.17, 15) is 0 Å². The number of nitrogens with zero attached hydrogens (tertiary/aromatic N) is 2. The van der Waals surface area contributed by atoms with Crippen LogP contribution in [0.5, 0.6) is 11.5 Å². The lowest BCUT2D eigenvalue weighted by molar-refractivity contribution is 0.354. The van der Waals surface area contributed by atoms with E-state index in [-0.39, 0.29) is 0 Å². The van der Waals surface area contributed by atoms with Crippen molar-refractivity contribution in [2.24, 2.45) is 7.05 Å². The van der Waals surface area contributed by atoms with E-state index in [4.69, 9.17) is 21.7 Å². The van der Waals surface area contributed by atoms with E-state index >= 15 is 0 Å². The number of nitrogens with one attached hydrogen (secondary N) is 2. The van der Waals surface area contributed by atoms with Gasteiger partial charge in [0.25, 0.3) is 0 Å². The van der Waals surface area contributed by atoms with Gasteiger partial charge in [-0.25, -0.2) is 0 Å². The molecule has 0 amide bonds. The zero-order valence-electron chi connectivity index (χ0n) is 13.6. The molecule has 0 fully saturated rings. The molecule has 0 saturated carbocycles. The summed E-state index contributed by atoms with van der Waals surface area (Å²) in [6, 6.07) is 7.86. The fraction of sp³-hybridized carbons (Fsp3) is 0.375. The maximum Gasteiger partial charge on any atom is 0.166 e. The molecule has 1 heterocycles. The number of aromatic nitrogens is 2. The molecule has 0 bridgehead atoms. The SMILES string of the molecule is COc1ccc(CCNC(=S)NCc2ccn(C)n2)cc1OC. The van der Waals surface area contributed by atoms with Crippen LogP contribution in [-0.2, 0) is 20.0 Å². The maximum atomic E-state index is 5.30. The molecule has 0 atom stereocenters. The summed E-state index contributed by atoms with van der Waals surface area (Å²) in [5.74, 6) is 1.47. The third-order valence-corrected chi connectivity index (χ3v) is 3.63. The molecule has 0 aliphatic rings. The van der Waals surface area contributed by atoms with Gasteiger partial charge in [-0.05, 0) is 42.4 Å². The Hall–Kier alpha value is -2.28. The molecule has 1 aromatic heterocycles. The molecule has 6 nitrogen and oxygen atoms in total. The highest BCUT2D eigenvalue weighted by Gasteiger charge is 2.05. The van der Waals surface area contributed by atoms with Crippen LogP contribution in [0.3, 0.4) is 0 Å². The third kappa shape index (κ3) is 5.14. The summed E-state index contributed by atoms with van der Waals surface area (Å²) in [4.78, 5) is 0. The fourth-order valence-electron chi connectivity index (χ4n) is 2.15. The monoisotopic (exact) mass is 334 g/mol. The Kier molecular flexibility index (Phi) is 6.22. The zero-order valence-corrected chi connectivity index (χ0v) is 14.4. The molecule has 0 unspecified atom stereocenters. The largest absolute Gasteiger partial charge is 0.493 e. The summed E-state index contributed by atoms with van der Waals surface area (Å²) in [6.45, 7) is 1.35. The van der Waals surface area contributed by atoms with Crippen LogP contribution in [0.1, 0.15) is 11.3 Å². The molecule has 2 N–H and O–H groups in total. The minimum atomic E-state index is 0.614. The fourth-order valence-corrected chi connectivity index (χ4v) is 2.32. The van der Waals surface area contributed by atoms with Crippen molar-refractivity contribution in [3.8, 4) is 11.5 Å². The van der Waals surface area contributed by atoms with E-state index in [1.54, 1.807) is 18.9 Å². The van der Waals surface area contributed by atoms with Gasteiger partial charge in [-0.15, -0.1) is 0 Å². The normalized spacial score (nSPS) is 10.2. The van der Waals surface area contributed by atoms with Gasteiger partial charge in [-0.1, -0.05) is 6.07 Å². The minimum absolute atomic E-state index is 0.614. The van der Waals surface area contributed by atoms with Crippen LogP contribution in [0, 0.1) is 0 Å². The van der Waals surface area contributed by atoms with E-state index in [2.05, 4.69) is 15.7 Å². The number of ether oxygens (including phenoxy) is 2. The van der Waals surface area contributed by atoms with Crippen molar-refractivity contribution in [3.05, 3.63) is 41.7 Å². The van der Waals surface area contributed by atoms with Crippen LogP contribution in [0.2, 0.25) is 0 Å². The van der Waals surface area contributed by atoms with Crippen LogP contribution in [0.4, 0.5) is 0 Å². The van der Waals surface area contributed by atoms with Gasteiger partial charge >= 0.3 is 0 Å². The molecular formula is C16H22N4O2S. The molecule has 2 aromatic rings. The van der Waals surface area contributed by atoms with Gasteiger partial charge < -0.3 is 20.1 Å². The highest BCUT2D eigenvalue weighted by atomic mass is 32.1. The second kappa shape index (κ2) is 8.38. The van der Waals surface area contributed by atoms with E-state index in [0.29, 0.717) is 11.7 Å². The smallest absolute Gasteiger partial charge is 0.166 e. The van der Waals surface area contributed by atoms with Crippen molar-refractivity contribution in [3.63, 3.8) is 0 Å². The van der Waals surface area contributed by atoms with Gasteiger partial charge in [0.2, 0.25) is 0 Å². The second-order valence-electron chi connectivity index (χ2n) is 5.03. The van der Waals surface area contributed by atoms with Crippen molar-refractivity contribution >= 4 is 17.3 Å². The average molecular weight is 334 g/mol. The summed E-state index contributed by atoms with van der Waals surface area (Å²) in [5.41, 5.74) is 2.11. The topological polar surface area (TPSA) is 60.3 Å². The Bertz CT molecular complexity index is 657. The van der Waals surface area contributed by atoms with Gasteiger partial charge in [0.15, 0.2) is 16.6 Å². The van der Waals surface area contributed by atoms with Crippen molar-refractivity contribution in [1.29, 1.82) is 0 Å². The molecular weight excluding hydrogens is 312 g/mol. The maximum absolute atomic E-state index is 5.30. The number of hydrogen-bond donors (Lipinski definition) is 2. The number of aryl methyl sites for hydroxylation is 1. The first-order valence-corrected chi connectivity index (χ1v) is 7.74. The molecule has 7 heteroatoms. The first-order chi connectivity index (χ1) is 11.1. The van der Waals surface area contributed by atoms with Crippen LogP contribution in [0.25, 0.3) is 0 Å². The number of benzene rings is 1. The van der Waals surface area contributed by atoms with Gasteiger partial charge in [0.1, 0.15) is 0 Å². The molecule has 0 aliphatic carbocycles. The van der Waals surface area contributed by atoms with E-state index in [1.165, 1.54) is 0 Å². The van der Waals surface area contributed by atoms with Crippen molar-refractivity contribution in [2.45, 2.75) is 13.0 Å². The van der Waals surface area contributed by atoms with Crippen LogP contribution < -0.4 is 20.1 Å². The third-order valence-electron chi connectivity index (χ3n) is 3.35. The van der Waals surface area contributed by atoms with Crippen LogP contribution in [0.15, 0.2) is 30.5 Å². The summed E-state index contributed by atoms with van der Waals surface area (Å²) in [6.07, 6.45) is 2.75. The molecule has 0 spiro atoms. The molecule has 1 aromatic carbocycles.